The number of aromatic nitrogens is 2. The zero-order valence-electron chi connectivity index (χ0n) is 18.5. The molecule has 1 heterocycles. The van der Waals surface area contributed by atoms with E-state index in [4.69, 9.17) is 9.47 Å². The summed E-state index contributed by atoms with van der Waals surface area (Å²) < 4.78 is 12.2. The van der Waals surface area contributed by atoms with Crippen LogP contribution in [0.15, 0.2) is 42.5 Å². The zero-order chi connectivity index (χ0) is 22.5. The smallest absolute Gasteiger partial charge is 0.310 e. The van der Waals surface area contributed by atoms with E-state index in [1.165, 1.54) is 0 Å². The Labute approximate surface area is 182 Å². The fourth-order valence-corrected chi connectivity index (χ4v) is 3.27. The molecule has 7 nitrogen and oxygen atoms in total. The Kier molecular flexibility index (Phi) is 6.74. The molecule has 2 aromatic carbocycles. The molecular weight excluding hydrogens is 394 g/mol. The van der Waals surface area contributed by atoms with Crippen LogP contribution in [0.5, 0.6) is 5.75 Å². The molecule has 3 aromatic rings. The van der Waals surface area contributed by atoms with E-state index in [1.807, 2.05) is 64.1 Å². The third kappa shape index (κ3) is 5.31. The molecule has 0 radical (unpaired) electrons. The van der Waals surface area contributed by atoms with Gasteiger partial charge in [0, 0.05) is 0 Å². The third-order valence-electron chi connectivity index (χ3n) is 5.02. The number of ether oxygens (including phenoxy) is 2. The first-order valence-electron chi connectivity index (χ1n) is 10.0. The molecule has 3 rings (SSSR count). The first-order chi connectivity index (χ1) is 14.8. The molecule has 1 N–H and O–H groups in total. The molecule has 0 saturated heterocycles. The molecule has 0 saturated carbocycles. The SMILES string of the molecule is COc1cc(CC(=O)OCC(=O)Nc2c(C)nn(-c3ccc(C)cc3)c2C)ccc1C. The van der Waals surface area contributed by atoms with Crippen LogP contribution in [0.25, 0.3) is 5.69 Å². The number of aryl methyl sites for hydroxylation is 3. The van der Waals surface area contributed by atoms with E-state index in [0.717, 1.165) is 28.1 Å². The minimum Gasteiger partial charge on any atom is -0.496 e. The number of hydrogen-bond donors (Lipinski definition) is 1. The van der Waals surface area contributed by atoms with E-state index in [0.29, 0.717) is 17.1 Å². The molecule has 0 aliphatic carbocycles. The number of carbonyl (C=O) groups excluding carboxylic acids is 2. The fraction of sp³-hybridized carbons (Fsp3) is 0.292. The standard InChI is InChI=1S/C24H27N3O4/c1-15-6-10-20(11-7-15)27-18(4)24(17(3)26-27)25-22(28)14-31-23(29)13-19-9-8-16(2)21(12-19)30-5/h6-12H,13-14H2,1-5H3,(H,25,28). The minimum absolute atomic E-state index is 0.0628. The molecule has 0 spiro atoms. The van der Waals surface area contributed by atoms with E-state index in [-0.39, 0.29) is 13.0 Å². The summed E-state index contributed by atoms with van der Waals surface area (Å²) in [7, 11) is 1.58. The second-order valence-corrected chi connectivity index (χ2v) is 7.48. The largest absolute Gasteiger partial charge is 0.496 e. The third-order valence-corrected chi connectivity index (χ3v) is 5.02. The van der Waals surface area contributed by atoms with Crippen molar-refractivity contribution >= 4 is 17.6 Å². The van der Waals surface area contributed by atoms with Gasteiger partial charge < -0.3 is 14.8 Å². The summed E-state index contributed by atoms with van der Waals surface area (Å²) in [6, 6.07) is 13.5. The van der Waals surface area contributed by atoms with Crippen LogP contribution in [0.2, 0.25) is 0 Å². The lowest BCUT2D eigenvalue weighted by Crippen LogP contribution is -2.22. The number of nitrogens with one attached hydrogen (secondary N) is 1. The lowest BCUT2D eigenvalue weighted by molar-refractivity contribution is -0.146. The van der Waals surface area contributed by atoms with Gasteiger partial charge in [0.05, 0.1) is 36.3 Å². The van der Waals surface area contributed by atoms with Gasteiger partial charge in [0.15, 0.2) is 6.61 Å². The molecule has 1 aromatic heterocycles. The predicted molar refractivity (Wildman–Crippen MR) is 119 cm³/mol. The van der Waals surface area contributed by atoms with Crippen molar-refractivity contribution in [1.82, 2.24) is 9.78 Å². The van der Waals surface area contributed by atoms with Gasteiger partial charge in [-0.15, -0.1) is 0 Å². The van der Waals surface area contributed by atoms with Crippen molar-refractivity contribution in [2.75, 3.05) is 19.0 Å². The van der Waals surface area contributed by atoms with Crippen LogP contribution in [0.3, 0.4) is 0 Å². The lowest BCUT2D eigenvalue weighted by Gasteiger charge is -2.09. The van der Waals surface area contributed by atoms with Gasteiger partial charge in [-0.3, -0.25) is 9.59 Å². The summed E-state index contributed by atoms with van der Waals surface area (Å²) in [5, 5.41) is 7.33. The Bertz CT molecular complexity index is 1100. The number of nitrogens with zero attached hydrogens (tertiary/aromatic N) is 2. The van der Waals surface area contributed by atoms with E-state index in [9.17, 15) is 9.59 Å². The van der Waals surface area contributed by atoms with Gasteiger partial charge in [-0.05, 0) is 57.0 Å². The molecule has 0 atom stereocenters. The van der Waals surface area contributed by atoms with Crippen LogP contribution in [0.1, 0.15) is 28.1 Å². The summed E-state index contributed by atoms with van der Waals surface area (Å²) in [6.07, 6.45) is 0.0628. The van der Waals surface area contributed by atoms with Crippen molar-refractivity contribution in [3.63, 3.8) is 0 Å². The molecule has 0 aliphatic rings. The summed E-state index contributed by atoms with van der Waals surface area (Å²) in [6.45, 7) is 7.29. The summed E-state index contributed by atoms with van der Waals surface area (Å²) in [5.74, 6) is -0.186. The second kappa shape index (κ2) is 9.47. The minimum atomic E-state index is -0.482. The van der Waals surface area contributed by atoms with Crippen molar-refractivity contribution in [1.29, 1.82) is 0 Å². The molecule has 0 fully saturated rings. The first kappa shape index (κ1) is 22.1. The summed E-state index contributed by atoms with van der Waals surface area (Å²) in [4.78, 5) is 24.5. The molecule has 0 unspecified atom stereocenters. The second-order valence-electron chi connectivity index (χ2n) is 7.48. The highest BCUT2D eigenvalue weighted by atomic mass is 16.5. The van der Waals surface area contributed by atoms with Crippen molar-refractivity contribution in [2.45, 2.75) is 34.1 Å². The van der Waals surface area contributed by atoms with Crippen LogP contribution >= 0.6 is 0 Å². The number of hydrogen-bond acceptors (Lipinski definition) is 5. The summed E-state index contributed by atoms with van der Waals surface area (Å²) >= 11 is 0. The highest BCUT2D eigenvalue weighted by molar-refractivity contribution is 5.94. The van der Waals surface area contributed by atoms with Crippen LogP contribution in [-0.4, -0.2) is 35.4 Å². The number of methoxy groups -OCH3 is 1. The van der Waals surface area contributed by atoms with Crippen molar-refractivity contribution in [3.05, 3.63) is 70.5 Å². The van der Waals surface area contributed by atoms with Crippen LogP contribution in [0, 0.1) is 27.7 Å². The Hall–Kier alpha value is -3.61. The van der Waals surface area contributed by atoms with Gasteiger partial charge in [-0.2, -0.15) is 5.10 Å². The average Bonchev–Trinajstić information content (AvgIpc) is 3.02. The zero-order valence-corrected chi connectivity index (χ0v) is 18.5. The maximum atomic E-state index is 12.4. The topological polar surface area (TPSA) is 82.4 Å². The molecule has 1 amide bonds. The monoisotopic (exact) mass is 421 g/mol. The van der Waals surface area contributed by atoms with Gasteiger partial charge in [-0.1, -0.05) is 29.8 Å². The molecular formula is C24H27N3O4. The molecule has 0 bridgehead atoms. The van der Waals surface area contributed by atoms with Gasteiger partial charge >= 0.3 is 5.97 Å². The van der Waals surface area contributed by atoms with E-state index in [2.05, 4.69) is 10.4 Å². The van der Waals surface area contributed by atoms with E-state index >= 15 is 0 Å². The Morgan fingerprint density at radius 3 is 2.42 bits per heavy atom. The van der Waals surface area contributed by atoms with Gasteiger partial charge in [0.25, 0.3) is 5.91 Å². The number of benzene rings is 2. The molecule has 0 aliphatic heterocycles. The van der Waals surface area contributed by atoms with E-state index < -0.39 is 11.9 Å². The number of rotatable bonds is 7. The lowest BCUT2D eigenvalue weighted by atomic mass is 10.1. The van der Waals surface area contributed by atoms with Crippen LogP contribution < -0.4 is 10.1 Å². The molecule has 162 valence electrons. The molecule has 7 heteroatoms. The van der Waals surface area contributed by atoms with Gasteiger partial charge in [0.2, 0.25) is 0 Å². The van der Waals surface area contributed by atoms with E-state index in [1.54, 1.807) is 17.9 Å². The number of esters is 1. The number of anilines is 1. The quantitative estimate of drug-likeness (QED) is 0.586. The van der Waals surface area contributed by atoms with Crippen LogP contribution in [-0.2, 0) is 20.7 Å². The predicted octanol–water partition coefficient (Wildman–Crippen LogP) is 3.84. The van der Waals surface area contributed by atoms with Gasteiger partial charge in [-0.25, -0.2) is 4.68 Å². The van der Waals surface area contributed by atoms with Crippen molar-refractivity contribution < 1.29 is 19.1 Å². The number of amides is 1. The highest BCUT2D eigenvalue weighted by Gasteiger charge is 2.16. The maximum absolute atomic E-state index is 12.4. The fourth-order valence-electron chi connectivity index (χ4n) is 3.27. The highest BCUT2D eigenvalue weighted by Crippen LogP contribution is 2.23. The van der Waals surface area contributed by atoms with Crippen LogP contribution in [0.4, 0.5) is 5.69 Å². The molecule has 31 heavy (non-hydrogen) atoms. The van der Waals surface area contributed by atoms with Gasteiger partial charge in [0.1, 0.15) is 5.75 Å². The average molecular weight is 421 g/mol. The maximum Gasteiger partial charge on any atom is 0.310 e. The Morgan fingerprint density at radius 1 is 1.03 bits per heavy atom. The normalized spacial score (nSPS) is 10.6. The van der Waals surface area contributed by atoms with Crippen molar-refractivity contribution in [2.24, 2.45) is 0 Å². The van der Waals surface area contributed by atoms with Crippen molar-refractivity contribution in [3.8, 4) is 11.4 Å². The summed E-state index contributed by atoms with van der Waals surface area (Å²) in [5.41, 5.74) is 5.91. The Morgan fingerprint density at radius 2 is 1.74 bits per heavy atom. The number of carbonyl (C=O) groups is 2. The Balaban J connectivity index is 1.59. The first-order valence-corrected chi connectivity index (χ1v) is 10.0.